The molecule has 0 unspecified atom stereocenters. The first-order valence-electron chi connectivity index (χ1n) is 4.57. The minimum Gasteiger partial charge on any atom is -0.325 e. The second-order valence-corrected chi connectivity index (χ2v) is 4.03. The molecule has 1 rings (SSSR count). The number of carbonyl (C=O) groups is 1. The first-order valence-corrected chi connectivity index (χ1v) is 4.57. The maximum Gasteiger partial charge on any atom is 0.247 e. The topological polar surface area (TPSA) is 55.6 Å². The van der Waals surface area contributed by atoms with Crippen molar-refractivity contribution in [2.75, 3.05) is 14.2 Å². The summed E-state index contributed by atoms with van der Waals surface area (Å²) in [6.45, 7) is 1.94. The third-order valence-corrected chi connectivity index (χ3v) is 2.67. The molecule has 1 atom stereocenters. The van der Waals surface area contributed by atoms with Gasteiger partial charge < -0.3 is 5.73 Å². The molecular weight excluding hydrogens is 168 g/mol. The summed E-state index contributed by atoms with van der Waals surface area (Å²) in [4.78, 5) is 16.2. The molecule has 76 valence electrons. The quantitative estimate of drug-likeness (QED) is 0.651. The fourth-order valence-corrected chi connectivity index (χ4v) is 1.43. The smallest absolute Gasteiger partial charge is 0.247 e. The third-order valence-electron chi connectivity index (χ3n) is 2.67. The summed E-state index contributed by atoms with van der Waals surface area (Å²) in [5.41, 5.74) is 5.66. The molecule has 1 amide bonds. The Bertz CT molecular complexity index is 200. The van der Waals surface area contributed by atoms with Gasteiger partial charge in [-0.1, -0.05) is 0 Å². The Balaban J connectivity index is 2.42. The number of hydroxylamine groups is 2. The van der Waals surface area contributed by atoms with E-state index in [4.69, 9.17) is 10.6 Å². The average Bonchev–Trinajstić information content (AvgIpc) is 2.84. The largest absolute Gasteiger partial charge is 0.325 e. The number of hydrogen-bond acceptors (Lipinski definition) is 3. The van der Waals surface area contributed by atoms with Crippen molar-refractivity contribution in [1.82, 2.24) is 5.06 Å². The van der Waals surface area contributed by atoms with Crippen molar-refractivity contribution in [2.24, 2.45) is 11.7 Å². The predicted octanol–water partition coefficient (Wildman–Crippen LogP) is 0.524. The maximum atomic E-state index is 11.4. The summed E-state index contributed by atoms with van der Waals surface area (Å²) in [7, 11) is 3.08. The van der Waals surface area contributed by atoms with E-state index in [2.05, 4.69) is 0 Å². The van der Waals surface area contributed by atoms with Crippen molar-refractivity contribution in [3.05, 3.63) is 0 Å². The summed E-state index contributed by atoms with van der Waals surface area (Å²) in [6, 6.07) is 0. The van der Waals surface area contributed by atoms with Crippen molar-refractivity contribution in [2.45, 2.75) is 31.7 Å². The predicted molar refractivity (Wildman–Crippen MR) is 49.7 cm³/mol. The van der Waals surface area contributed by atoms with E-state index in [0.717, 1.165) is 12.8 Å². The SMILES string of the molecule is CON(C)C(=O)C[C@@](C)(N)C1CC1. The molecule has 1 aliphatic carbocycles. The van der Waals surface area contributed by atoms with Gasteiger partial charge in [-0.25, -0.2) is 5.06 Å². The van der Waals surface area contributed by atoms with Crippen LogP contribution in [0.3, 0.4) is 0 Å². The van der Waals surface area contributed by atoms with E-state index < -0.39 is 0 Å². The number of carbonyl (C=O) groups excluding carboxylic acids is 1. The number of nitrogens with zero attached hydrogens (tertiary/aromatic N) is 1. The summed E-state index contributed by atoms with van der Waals surface area (Å²) >= 11 is 0. The molecule has 0 radical (unpaired) electrons. The average molecular weight is 186 g/mol. The standard InChI is InChI=1S/C9H18N2O2/c1-9(10,7-4-5-7)6-8(12)11(2)13-3/h7H,4-6,10H2,1-3H3/t9-/m1/s1. The van der Waals surface area contributed by atoms with Gasteiger partial charge in [0, 0.05) is 19.0 Å². The first kappa shape index (κ1) is 10.5. The van der Waals surface area contributed by atoms with Crippen LogP contribution in [0.15, 0.2) is 0 Å². The lowest BCUT2D eigenvalue weighted by Gasteiger charge is -2.25. The van der Waals surface area contributed by atoms with Gasteiger partial charge in [0.2, 0.25) is 5.91 Å². The van der Waals surface area contributed by atoms with Crippen molar-refractivity contribution in [3.63, 3.8) is 0 Å². The van der Waals surface area contributed by atoms with E-state index in [-0.39, 0.29) is 11.4 Å². The Hall–Kier alpha value is -0.610. The van der Waals surface area contributed by atoms with E-state index >= 15 is 0 Å². The molecule has 0 aromatic rings. The van der Waals surface area contributed by atoms with Gasteiger partial charge in [-0.15, -0.1) is 0 Å². The molecule has 0 aromatic heterocycles. The van der Waals surface area contributed by atoms with Crippen LogP contribution >= 0.6 is 0 Å². The fraction of sp³-hybridized carbons (Fsp3) is 0.889. The zero-order valence-electron chi connectivity index (χ0n) is 8.54. The highest BCUT2D eigenvalue weighted by Crippen LogP contribution is 2.39. The fourth-order valence-electron chi connectivity index (χ4n) is 1.43. The lowest BCUT2D eigenvalue weighted by molar-refractivity contribution is -0.170. The van der Waals surface area contributed by atoms with Crippen LogP contribution in [0.5, 0.6) is 0 Å². The van der Waals surface area contributed by atoms with E-state index in [1.165, 1.54) is 12.2 Å². The van der Waals surface area contributed by atoms with Gasteiger partial charge in [0.15, 0.2) is 0 Å². The van der Waals surface area contributed by atoms with Gasteiger partial charge in [-0.05, 0) is 25.7 Å². The van der Waals surface area contributed by atoms with Crippen molar-refractivity contribution >= 4 is 5.91 Å². The molecule has 1 saturated carbocycles. The number of nitrogens with two attached hydrogens (primary N) is 1. The number of amides is 1. The van der Waals surface area contributed by atoms with Crippen LogP contribution in [0.25, 0.3) is 0 Å². The van der Waals surface area contributed by atoms with Crippen molar-refractivity contribution < 1.29 is 9.63 Å². The van der Waals surface area contributed by atoms with Crippen molar-refractivity contribution in [3.8, 4) is 0 Å². The van der Waals surface area contributed by atoms with Crippen LogP contribution in [0.2, 0.25) is 0 Å². The molecule has 0 bridgehead atoms. The molecular formula is C9H18N2O2. The second-order valence-electron chi connectivity index (χ2n) is 4.03. The van der Waals surface area contributed by atoms with Crippen LogP contribution in [0, 0.1) is 5.92 Å². The van der Waals surface area contributed by atoms with Crippen LogP contribution in [-0.2, 0) is 9.63 Å². The lowest BCUT2D eigenvalue weighted by Crippen LogP contribution is -2.44. The van der Waals surface area contributed by atoms with Gasteiger partial charge in [-0.3, -0.25) is 9.63 Å². The van der Waals surface area contributed by atoms with Gasteiger partial charge in [0.1, 0.15) is 0 Å². The van der Waals surface area contributed by atoms with Crippen LogP contribution in [0.1, 0.15) is 26.2 Å². The van der Waals surface area contributed by atoms with Gasteiger partial charge >= 0.3 is 0 Å². The van der Waals surface area contributed by atoms with E-state index in [9.17, 15) is 4.79 Å². The number of hydrogen-bond donors (Lipinski definition) is 1. The third kappa shape index (κ3) is 2.67. The molecule has 0 saturated heterocycles. The maximum absolute atomic E-state index is 11.4. The lowest BCUT2D eigenvalue weighted by atomic mass is 9.93. The minimum atomic E-state index is -0.357. The van der Waals surface area contributed by atoms with Crippen LogP contribution in [0.4, 0.5) is 0 Å². The Labute approximate surface area is 79.0 Å². The Morgan fingerprint density at radius 3 is 2.62 bits per heavy atom. The molecule has 4 heteroatoms. The molecule has 0 aliphatic heterocycles. The summed E-state index contributed by atoms with van der Waals surface area (Å²) in [5, 5.41) is 1.23. The first-order chi connectivity index (χ1) is 5.97. The van der Waals surface area contributed by atoms with Gasteiger partial charge in [0.05, 0.1) is 7.11 Å². The molecule has 4 nitrogen and oxygen atoms in total. The second kappa shape index (κ2) is 3.64. The van der Waals surface area contributed by atoms with E-state index in [1.807, 2.05) is 6.92 Å². The molecule has 13 heavy (non-hydrogen) atoms. The van der Waals surface area contributed by atoms with E-state index in [1.54, 1.807) is 7.05 Å². The highest BCUT2D eigenvalue weighted by molar-refractivity contribution is 5.76. The Morgan fingerprint density at radius 2 is 2.23 bits per heavy atom. The highest BCUT2D eigenvalue weighted by Gasteiger charge is 2.40. The normalized spacial score (nSPS) is 20.9. The molecule has 0 aromatic carbocycles. The van der Waals surface area contributed by atoms with Crippen LogP contribution < -0.4 is 5.73 Å². The summed E-state index contributed by atoms with van der Waals surface area (Å²) in [6.07, 6.45) is 2.66. The molecule has 0 spiro atoms. The molecule has 0 heterocycles. The Kier molecular flexibility index (Phi) is 2.93. The summed E-state index contributed by atoms with van der Waals surface area (Å²) < 4.78 is 0. The minimum absolute atomic E-state index is 0.0561. The number of rotatable bonds is 4. The molecule has 2 N–H and O–H groups in total. The van der Waals surface area contributed by atoms with E-state index in [0.29, 0.717) is 12.3 Å². The zero-order chi connectivity index (χ0) is 10.1. The van der Waals surface area contributed by atoms with Gasteiger partial charge in [-0.2, -0.15) is 0 Å². The monoisotopic (exact) mass is 186 g/mol. The van der Waals surface area contributed by atoms with Crippen molar-refractivity contribution in [1.29, 1.82) is 0 Å². The zero-order valence-corrected chi connectivity index (χ0v) is 8.54. The highest BCUT2D eigenvalue weighted by atomic mass is 16.7. The summed E-state index contributed by atoms with van der Waals surface area (Å²) in [5.74, 6) is 0.459. The molecule has 1 fully saturated rings. The Morgan fingerprint density at radius 1 is 1.69 bits per heavy atom. The molecule has 1 aliphatic rings. The van der Waals surface area contributed by atoms with Crippen LogP contribution in [-0.4, -0.2) is 30.7 Å². The van der Waals surface area contributed by atoms with Gasteiger partial charge in [0.25, 0.3) is 0 Å².